The molecule has 3 aliphatic rings. The molecule has 2 saturated heterocycles. The lowest BCUT2D eigenvalue weighted by Gasteiger charge is -2.29. The normalized spacial score (nSPS) is 43.1. The van der Waals surface area contributed by atoms with Gasteiger partial charge in [-0.1, -0.05) is 17.7 Å². The van der Waals surface area contributed by atoms with E-state index < -0.39 is 52.3 Å². The summed E-state index contributed by atoms with van der Waals surface area (Å²) >= 11 is 0. The van der Waals surface area contributed by atoms with Gasteiger partial charge in [0.2, 0.25) is 10.0 Å². The van der Waals surface area contributed by atoms with Gasteiger partial charge >= 0.3 is 0 Å². The van der Waals surface area contributed by atoms with Gasteiger partial charge < -0.3 is 19.7 Å². The minimum Gasteiger partial charge on any atom is -0.389 e. The van der Waals surface area contributed by atoms with Gasteiger partial charge in [-0.05, 0) is 32.9 Å². The van der Waals surface area contributed by atoms with Crippen molar-refractivity contribution in [1.29, 1.82) is 0 Å². The number of rotatable bonds is 2. The minimum absolute atomic E-state index is 0.166. The highest BCUT2D eigenvalue weighted by Crippen LogP contribution is 2.50. The number of hydrogen-bond acceptors (Lipinski definition) is 6. The molecule has 24 heavy (non-hydrogen) atoms. The maximum absolute atomic E-state index is 12.9. The van der Waals surface area contributed by atoms with Crippen LogP contribution in [0.25, 0.3) is 0 Å². The molecule has 1 aromatic rings. The molecule has 1 unspecified atom stereocenters. The van der Waals surface area contributed by atoms with Gasteiger partial charge in [-0.15, -0.1) is 0 Å². The summed E-state index contributed by atoms with van der Waals surface area (Å²) < 4.78 is 38.5. The lowest BCUT2D eigenvalue weighted by molar-refractivity contribution is -0.160. The van der Waals surface area contributed by atoms with Gasteiger partial charge in [0.25, 0.3) is 0 Å². The van der Waals surface area contributed by atoms with E-state index in [-0.39, 0.29) is 4.90 Å². The van der Waals surface area contributed by atoms with Gasteiger partial charge in [-0.2, -0.15) is 4.31 Å². The molecule has 132 valence electrons. The van der Waals surface area contributed by atoms with Crippen LogP contribution in [0.4, 0.5) is 0 Å². The Morgan fingerprint density at radius 2 is 1.58 bits per heavy atom. The van der Waals surface area contributed by atoms with Crippen molar-refractivity contribution in [1.82, 2.24) is 4.31 Å². The quantitative estimate of drug-likeness (QED) is 0.725. The number of sulfonamides is 1. The average molecular weight is 355 g/mol. The Hall–Kier alpha value is -1.03. The van der Waals surface area contributed by atoms with Crippen LogP contribution in [0.5, 0.6) is 0 Å². The third kappa shape index (κ3) is 2.25. The van der Waals surface area contributed by atoms with Crippen molar-refractivity contribution in [3.63, 3.8) is 0 Å². The molecule has 7 nitrogen and oxygen atoms in total. The molecule has 1 aliphatic carbocycles. The van der Waals surface area contributed by atoms with Crippen molar-refractivity contribution in [2.24, 2.45) is 0 Å². The maximum Gasteiger partial charge on any atom is 0.243 e. The second-order valence-electron chi connectivity index (χ2n) is 7.18. The zero-order valence-corrected chi connectivity index (χ0v) is 14.5. The number of nitrogens with zero attached hydrogens (tertiary/aromatic N) is 1. The SMILES string of the molecule is Cc1ccc(S(=O)(=O)N2[C@@H]3[C@@H](O)[C@H](O)[C@H]4OC(C)(C)O[C@H]4[C@@H]32)cc1. The molecule has 0 aromatic heterocycles. The molecule has 3 fully saturated rings. The van der Waals surface area contributed by atoms with Crippen molar-refractivity contribution in [2.75, 3.05) is 0 Å². The number of benzene rings is 1. The number of ether oxygens (including phenoxy) is 2. The average Bonchev–Trinajstić information content (AvgIpc) is 3.17. The van der Waals surface area contributed by atoms with Crippen LogP contribution < -0.4 is 0 Å². The van der Waals surface area contributed by atoms with Crippen molar-refractivity contribution >= 4 is 10.0 Å². The number of aliphatic hydroxyl groups is 2. The Balaban J connectivity index is 1.68. The second-order valence-corrected chi connectivity index (χ2v) is 9.02. The Morgan fingerprint density at radius 3 is 2.21 bits per heavy atom. The van der Waals surface area contributed by atoms with Crippen molar-refractivity contribution in [2.45, 2.75) is 68.0 Å². The van der Waals surface area contributed by atoms with E-state index in [4.69, 9.17) is 9.47 Å². The maximum atomic E-state index is 12.9. The fourth-order valence-electron chi connectivity index (χ4n) is 3.83. The number of hydrogen-bond donors (Lipinski definition) is 2. The first kappa shape index (κ1) is 16.4. The topological polar surface area (TPSA) is 96.1 Å². The molecule has 1 aromatic carbocycles. The van der Waals surface area contributed by atoms with Crippen LogP contribution in [0.3, 0.4) is 0 Å². The summed E-state index contributed by atoms with van der Waals surface area (Å²) in [6, 6.07) is 5.33. The zero-order chi connectivity index (χ0) is 17.4. The van der Waals surface area contributed by atoms with Crippen molar-refractivity contribution in [3.8, 4) is 0 Å². The van der Waals surface area contributed by atoms with E-state index >= 15 is 0 Å². The first-order chi connectivity index (χ1) is 11.1. The molecule has 0 bridgehead atoms. The molecule has 1 saturated carbocycles. The third-order valence-corrected chi connectivity index (χ3v) is 6.89. The first-order valence-electron chi connectivity index (χ1n) is 7.95. The van der Waals surface area contributed by atoms with Gasteiger partial charge in [0.05, 0.1) is 17.0 Å². The number of fused-ring (bicyclic) bond motifs is 3. The van der Waals surface area contributed by atoms with Crippen LogP contribution in [0.2, 0.25) is 0 Å². The summed E-state index contributed by atoms with van der Waals surface area (Å²) in [6.07, 6.45) is -3.72. The van der Waals surface area contributed by atoms with E-state index in [9.17, 15) is 18.6 Å². The van der Waals surface area contributed by atoms with E-state index in [0.29, 0.717) is 0 Å². The summed E-state index contributed by atoms with van der Waals surface area (Å²) in [5, 5.41) is 20.6. The highest BCUT2D eigenvalue weighted by Gasteiger charge is 2.72. The standard InChI is InChI=1S/C16H21NO6S/c1-8-4-6-9(7-5-8)24(20,21)17-10-11(17)14-15(13(19)12(10)18)23-16(2,3)22-14/h4-7,10-15,18-19H,1-3H3/t10-,11+,12+,13-,14-,15+,17?/m0/s1. The smallest absolute Gasteiger partial charge is 0.243 e. The van der Waals surface area contributed by atoms with Crippen LogP contribution in [0.15, 0.2) is 29.2 Å². The van der Waals surface area contributed by atoms with Gasteiger partial charge in [0.1, 0.15) is 24.4 Å². The molecule has 0 amide bonds. The van der Waals surface area contributed by atoms with E-state index in [0.717, 1.165) is 5.56 Å². The van der Waals surface area contributed by atoms with Gasteiger partial charge in [0.15, 0.2) is 5.79 Å². The monoisotopic (exact) mass is 355 g/mol. The first-order valence-corrected chi connectivity index (χ1v) is 9.39. The molecule has 7 atom stereocenters. The van der Waals surface area contributed by atoms with E-state index in [1.165, 1.54) is 4.31 Å². The van der Waals surface area contributed by atoms with Gasteiger partial charge in [-0.25, -0.2) is 8.42 Å². The van der Waals surface area contributed by atoms with Crippen molar-refractivity contribution in [3.05, 3.63) is 29.8 Å². The lowest BCUT2D eigenvalue weighted by Crippen LogP contribution is -2.52. The Labute approximate surface area is 140 Å². The highest BCUT2D eigenvalue weighted by molar-refractivity contribution is 7.89. The minimum atomic E-state index is -3.77. The lowest BCUT2D eigenvalue weighted by atomic mass is 9.90. The zero-order valence-electron chi connectivity index (χ0n) is 13.7. The number of aliphatic hydroxyl groups excluding tert-OH is 2. The van der Waals surface area contributed by atoms with E-state index in [2.05, 4.69) is 0 Å². The molecule has 8 heteroatoms. The summed E-state index contributed by atoms with van der Waals surface area (Å²) in [4.78, 5) is 0.166. The molecular formula is C16H21NO6S. The molecule has 4 rings (SSSR count). The Morgan fingerprint density at radius 1 is 1.00 bits per heavy atom. The fraction of sp³-hybridized carbons (Fsp3) is 0.625. The highest BCUT2D eigenvalue weighted by atomic mass is 32.2. The largest absolute Gasteiger partial charge is 0.389 e. The van der Waals surface area contributed by atoms with Crippen LogP contribution in [-0.2, 0) is 19.5 Å². The molecular weight excluding hydrogens is 334 g/mol. The summed E-state index contributed by atoms with van der Waals surface area (Å²) in [6.45, 7) is 5.30. The molecule has 2 heterocycles. The predicted molar refractivity (Wildman–Crippen MR) is 83.6 cm³/mol. The van der Waals surface area contributed by atoms with Gasteiger partial charge in [0, 0.05) is 0 Å². The molecule has 2 N–H and O–H groups in total. The van der Waals surface area contributed by atoms with Crippen LogP contribution >= 0.6 is 0 Å². The Bertz CT molecular complexity index is 761. The summed E-state index contributed by atoms with van der Waals surface area (Å²) in [5.74, 6) is -0.924. The summed E-state index contributed by atoms with van der Waals surface area (Å²) in [7, 11) is -3.77. The van der Waals surface area contributed by atoms with Crippen molar-refractivity contribution < 1.29 is 28.1 Å². The van der Waals surface area contributed by atoms with E-state index in [1.807, 2.05) is 6.92 Å². The Kier molecular flexibility index (Phi) is 3.42. The van der Waals surface area contributed by atoms with Crippen LogP contribution in [0, 0.1) is 6.92 Å². The van der Waals surface area contributed by atoms with Gasteiger partial charge in [-0.3, -0.25) is 0 Å². The predicted octanol–water partition coefficient (Wildman–Crippen LogP) is -0.00798. The third-order valence-electron chi connectivity index (χ3n) is 4.98. The molecule has 0 radical (unpaired) electrons. The second kappa shape index (κ2) is 5.00. The van der Waals surface area contributed by atoms with Crippen LogP contribution in [0.1, 0.15) is 19.4 Å². The van der Waals surface area contributed by atoms with E-state index in [1.54, 1.807) is 38.1 Å². The summed E-state index contributed by atoms with van der Waals surface area (Å²) in [5.41, 5.74) is 0.960. The molecule has 0 spiro atoms. The van der Waals surface area contributed by atoms with Crippen LogP contribution in [-0.4, -0.2) is 65.2 Å². The molecule has 2 aliphatic heterocycles. The fourth-order valence-corrected chi connectivity index (χ4v) is 5.64. The number of aryl methyl sites for hydroxylation is 1.